The molecule has 2 N–H and O–H groups in total. The maximum Gasteiger partial charge on any atom is 0.329 e. The number of allylic oxidation sites excluding steroid dienone is 1. The minimum atomic E-state index is -0.648. The molecule has 8 heteroatoms. The summed E-state index contributed by atoms with van der Waals surface area (Å²) in [6, 6.07) is 10.5. The number of fused-ring (bicyclic) bond motifs is 1. The van der Waals surface area contributed by atoms with Crippen LogP contribution < -0.4 is 15.5 Å². The van der Waals surface area contributed by atoms with Crippen molar-refractivity contribution in [3.8, 4) is 0 Å². The third-order valence-electron chi connectivity index (χ3n) is 6.28. The van der Waals surface area contributed by atoms with E-state index >= 15 is 0 Å². The number of imide groups is 1. The number of hydrogen-bond donors (Lipinski definition) is 2. The van der Waals surface area contributed by atoms with E-state index in [2.05, 4.69) is 49.3 Å². The van der Waals surface area contributed by atoms with Crippen molar-refractivity contribution in [3.63, 3.8) is 0 Å². The minimum absolute atomic E-state index is 0.0744. The lowest BCUT2D eigenvalue weighted by Crippen LogP contribution is -2.44. The second-order valence-electron chi connectivity index (χ2n) is 9.41. The second-order valence-corrected chi connectivity index (χ2v) is 9.82. The van der Waals surface area contributed by atoms with Gasteiger partial charge in [0.2, 0.25) is 5.91 Å². The van der Waals surface area contributed by atoms with Crippen molar-refractivity contribution in [2.75, 3.05) is 23.3 Å². The molecule has 7 nitrogen and oxygen atoms in total. The van der Waals surface area contributed by atoms with Crippen molar-refractivity contribution in [2.45, 2.75) is 40.2 Å². The fraction of sp³-hybridized carbons (Fsp3) is 0.296. The van der Waals surface area contributed by atoms with E-state index in [0.29, 0.717) is 16.3 Å². The molecule has 2 aromatic rings. The van der Waals surface area contributed by atoms with E-state index in [4.69, 9.17) is 11.6 Å². The van der Waals surface area contributed by atoms with Crippen molar-refractivity contribution in [1.29, 1.82) is 0 Å². The molecular weight excluding hydrogens is 464 g/mol. The first-order valence-electron chi connectivity index (χ1n) is 11.5. The molecule has 0 aliphatic carbocycles. The highest BCUT2D eigenvalue weighted by Gasteiger charge is 2.35. The van der Waals surface area contributed by atoms with E-state index < -0.39 is 24.4 Å². The zero-order valence-corrected chi connectivity index (χ0v) is 21.3. The summed E-state index contributed by atoms with van der Waals surface area (Å²) < 4.78 is 0. The molecule has 0 spiro atoms. The number of halogens is 1. The molecule has 0 saturated carbocycles. The van der Waals surface area contributed by atoms with Crippen molar-refractivity contribution < 1.29 is 14.4 Å². The van der Waals surface area contributed by atoms with Crippen LogP contribution >= 0.6 is 11.6 Å². The number of carbonyl (C=O) groups excluding carboxylic acids is 3. The highest BCUT2D eigenvalue weighted by molar-refractivity contribution is 6.32. The van der Waals surface area contributed by atoms with E-state index in [9.17, 15) is 14.4 Å². The summed E-state index contributed by atoms with van der Waals surface area (Å²) in [4.78, 5) is 41.0. The standard InChI is InChI=1S/C27H29ClN4O3/c1-6-32-23-13-21(28)18(11-20(23)17(3)14-27(32,4)5)12-22-25(34)31(26(35)30-22)15-24(33)29-19-9-7-8-16(2)10-19/h7-14H,6,15H2,1-5H3,(H,29,33)(H,30,35)/b22-12+. The summed E-state index contributed by atoms with van der Waals surface area (Å²) in [5.41, 5.74) is 5.29. The number of amides is 4. The van der Waals surface area contributed by atoms with Crippen LogP contribution in [0.25, 0.3) is 11.6 Å². The number of urea groups is 1. The van der Waals surface area contributed by atoms with Gasteiger partial charge >= 0.3 is 6.03 Å². The van der Waals surface area contributed by atoms with Crippen LogP contribution in [0.3, 0.4) is 0 Å². The van der Waals surface area contributed by atoms with Gasteiger partial charge in [0.05, 0.1) is 5.54 Å². The first-order chi connectivity index (χ1) is 16.5. The fourth-order valence-electron chi connectivity index (χ4n) is 4.74. The molecule has 2 heterocycles. The highest BCUT2D eigenvalue weighted by atomic mass is 35.5. The van der Waals surface area contributed by atoms with Crippen LogP contribution in [0.15, 0.2) is 48.2 Å². The first kappa shape index (κ1) is 24.5. The zero-order chi connectivity index (χ0) is 25.5. The lowest BCUT2D eigenvalue weighted by Gasteiger charge is -2.43. The Balaban J connectivity index is 1.57. The predicted octanol–water partition coefficient (Wildman–Crippen LogP) is 5.20. The maximum atomic E-state index is 12.9. The summed E-state index contributed by atoms with van der Waals surface area (Å²) in [6.45, 7) is 10.8. The van der Waals surface area contributed by atoms with Crippen molar-refractivity contribution >= 4 is 52.5 Å². The summed E-state index contributed by atoms with van der Waals surface area (Å²) >= 11 is 6.62. The number of aryl methyl sites for hydroxylation is 1. The van der Waals surface area contributed by atoms with Gasteiger partial charge in [-0.05, 0) is 81.7 Å². The normalized spacial score (nSPS) is 17.9. The number of anilines is 2. The van der Waals surface area contributed by atoms with Crippen LogP contribution in [0.5, 0.6) is 0 Å². The molecule has 2 aliphatic heterocycles. The van der Waals surface area contributed by atoms with Crippen LogP contribution in [-0.2, 0) is 9.59 Å². The Morgan fingerprint density at radius 2 is 1.91 bits per heavy atom. The summed E-state index contributed by atoms with van der Waals surface area (Å²) in [7, 11) is 0. The Bertz CT molecular complexity index is 1300. The van der Waals surface area contributed by atoms with Gasteiger partial charge in [0.15, 0.2) is 0 Å². The van der Waals surface area contributed by atoms with Crippen LogP contribution in [0.4, 0.5) is 16.2 Å². The van der Waals surface area contributed by atoms with Crippen molar-refractivity contribution in [1.82, 2.24) is 10.2 Å². The van der Waals surface area contributed by atoms with Gasteiger partial charge in [-0.2, -0.15) is 0 Å². The Labute approximate surface area is 210 Å². The third-order valence-corrected chi connectivity index (χ3v) is 6.61. The molecule has 1 saturated heterocycles. The topological polar surface area (TPSA) is 81.8 Å². The molecule has 2 aromatic carbocycles. The van der Waals surface area contributed by atoms with E-state index in [1.54, 1.807) is 12.1 Å². The number of rotatable bonds is 5. The number of nitrogens with zero attached hydrogens (tertiary/aromatic N) is 2. The molecule has 35 heavy (non-hydrogen) atoms. The molecule has 0 atom stereocenters. The second kappa shape index (κ2) is 9.23. The molecule has 182 valence electrons. The average Bonchev–Trinajstić information content (AvgIpc) is 3.02. The van der Waals surface area contributed by atoms with Gasteiger partial charge in [-0.1, -0.05) is 29.8 Å². The SMILES string of the molecule is CCN1c2cc(Cl)c(/C=C3/NC(=O)N(CC(=O)Nc4cccc(C)c4)C3=O)cc2C(C)=CC1(C)C. The van der Waals surface area contributed by atoms with Crippen LogP contribution in [0.2, 0.25) is 5.02 Å². The number of hydrogen-bond acceptors (Lipinski definition) is 4. The van der Waals surface area contributed by atoms with E-state index in [-0.39, 0.29) is 11.2 Å². The van der Waals surface area contributed by atoms with Gasteiger partial charge in [-0.3, -0.25) is 9.59 Å². The average molecular weight is 493 g/mol. The quantitative estimate of drug-likeness (QED) is 0.444. The monoisotopic (exact) mass is 492 g/mol. The Hall–Kier alpha value is -3.58. The summed E-state index contributed by atoms with van der Waals surface area (Å²) in [5, 5.41) is 5.75. The smallest absolute Gasteiger partial charge is 0.329 e. The maximum absolute atomic E-state index is 12.9. The third kappa shape index (κ3) is 4.82. The van der Waals surface area contributed by atoms with Crippen LogP contribution in [0.1, 0.15) is 44.4 Å². The Morgan fingerprint density at radius 3 is 2.60 bits per heavy atom. The van der Waals surface area contributed by atoms with Gasteiger partial charge < -0.3 is 15.5 Å². The largest absolute Gasteiger partial charge is 0.363 e. The summed E-state index contributed by atoms with van der Waals surface area (Å²) in [5.74, 6) is -1.04. The molecule has 0 bridgehead atoms. The number of likely N-dealkylation sites (N-methyl/N-ethyl adjacent to an activating group) is 1. The molecule has 4 amide bonds. The zero-order valence-electron chi connectivity index (χ0n) is 20.5. The van der Waals surface area contributed by atoms with E-state index in [0.717, 1.165) is 33.8 Å². The van der Waals surface area contributed by atoms with E-state index in [1.807, 2.05) is 37.3 Å². The lowest BCUT2D eigenvalue weighted by molar-refractivity contribution is -0.127. The van der Waals surface area contributed by atoms with Crippen molar-refractivity contribution in [3.05, 3.63) is 69.9 Å². The molecule has 0 radical (unpaired) electrons. The van der Waals surface area contributed by atoms with Gasteiger partial charge in [0.1, 0.15) is 12.2 Å². The summed E-state index contributed by atoms with van der Waals surface area (Å²) in [6.07, 6.45) is 3.77. The van der Waals surface area contributed by atoms with E-state index in [1.165, 1.54) is 0 Å². The molecule has 4 rings (SSSR count). The minimum Gasteiger partial charge on any atom is -0.363 e. The number of carbonyl (C=O) groups is 3. The molecule has 1 fully saturated rings. The highest BCUT2D eigenvalue weighted by Crippen LogP contribution is 2.41. The van der Waals surface area contributed by atoms with Gasteiger partial charge in [0.25, 0.3) is 5.91 Å². The Morgan fingerprint density at radius 1 is 1.17 bits per heavy atom. The lowest BCUT2D eigenvalue weighted by atomic mass is 9.88. The van der Waals surface area contributed by atoms with Gasteiger partial charge in [-0.15, -0.1) is 0 Å². The van der Waals surface area contributed by atoms with Crippen LogP contribution in [0, 0.1) is 6.92 Å². The number of nitrogens with one attached hydrogen (secondary N) is 2. The van der Waals surface area contributed by atoms with Crippen molar-refractivity contribution in [2.24, 2.45) is 0 Å². The Kier molecular flexibility index (Phi) is 6.47. The molecule has 0 unspecified atom stereocenters. The fourth-order valence-corrected chi connectivity index (χ4v) is 4.95. The molecular formula is C27H29ClN4O3. The predicted molar refractivity (Wildman–Crippen MR) is 140 cm³/mol. The molecule has 2 aliphatic rings. The van der Waals surface area contributed by atoms with Gasteiger partial charge in [-0.25, -0.2) is 9.69 Å². The molecule has 0 aromatic heterocycles. The number of benzene rings is 2. The van der Waals surface area contributed by atoms with Gasteiger partial charge in [0, 0.05) is 28.5 Å². The first-order valence-corrected chi connectivity index (χ1v) is 11.9. The van der Waals surface area contributed by atoms with Crippen LogP contribution in [-0.4, -0.2) is 41.4 Å².